The van der Waals surface area contributed by atoms with Crippen molar-refractivity contribution in [1.82, 2.24) is 10.2 Å². The molecule has 1 aliphatic heterocycles. The van der Waals surface area contributed by atoms with Crippen LogP contribution in [-0.2, 0) is 4.87 Å². The zero-order valence-corrected chi connectivity index (χ0v) is 22.6. The zero-order chi connectivity index (χ0) is 24.7. The molecule has 182 valence electrons. The molecular formula is C24H23F2N5S4. The molecule has 0 saturated carbocycles. The fourth-order valence-corrected chi connectivity index (χ4v) is 8.17. The molecule has 5 rings (SSSR count). The number of hydrogen-bond donors (Lipinski definition) is 1. The number of nitrogens with two attached hydrogens (primary N) is 1. The van der Waals surface area contributed by atoms with E-state index in [0.717, 1.165) is 31.8 Å². The molecule has 0 bridgehead atoms. The second kappa shape index (κ2) is 9.70. The highest BCUT2D eigenvalue weighted by Gasteiger charge is 2.49. The predicted molar refractivity (Wildman–Crippen MR) is 144 cm³/mol. The van der Waals surface area contributed by atoms with Crippen molar-refractivity contribution in [2.45, 2.75) is 44.5 Å². The van der Waals surface area contributed by atoms with Crippen LogP contribution in [0.2, 0.25) is 0 Å². The summed E-state index contributed by atoms with van der Waals surface area (Å²) in [6.07, 6.45) is 1.30. The van der Waals surface area contributed by atoms with Gasteiger partial charge in [-0.25, -0.2) is 13.8 Å². The van der Waals surface area contributed by atoms with E-state index in [2.05, 4.69) is 48.3 Å². The summed E-state index contributed by atoms with van der Waals surface area (Å²) in [6.45, 7) is 6.00. The van der Waals surface area contributed by atoms with Crippen molar-refractivity contribution >= 4 is 55.9 Å². The summed E-state index contributed by atoms with van der Waals surface area (Å²) in [6, 6.07) is 11.6. The van der Waals surface area contributed by atoms with Crippen LogP contribution < -0.4 is 10.7 Å². The first-order valence-electron chi connectivity index (χ1n) is 11.0. The Morgan fingerprint density at radius 2 is 1.74 bits per heavy atom. The van der Waals surface area contributed by atoms with Gasteiger partial charge in [0.2, 0.25) is 5.13 Å². The third-order valence-electron chi connectivity index (χ3n) is 5.70. The maximum absolute atomic E-state index is 14.8. The number of thiophene rings is 2. The van der Waals surface area contributed by atoms with E-state index in [-0.39, 0.29) is 11.6 Å². The molecule has 4 heterocycles. The van der Waals surface area contributed by atoms with E-state index in [1.54, 1.807) is 22.7 Å². The van der Waals surface area contributed by atoms with Crippen molar-refractivity contribution in [2.75, 3.05) is 5.01 Å². The summed E-state index contributed by atoms with van der Waals surface area (Å²) >= 11 is 6.20. The summed E-state index contributed by atoms with van der Waals surface area (Å²) in [4.78, 5) is 3.82. The molecule has 0 saturated heterocycles. The molecule has 11 heteroatoms. The minimum Gasteiger partial charge on any atom is -0.323 e. The average Bonchev–Trinajstić information content (AvgIpc) is 3.61. The second-order valence-electron chi connectivity index (χ2n) is 8.34. The molecule has 0 radical (unpaired) electrons. The van der Waals surface area contributed by atoms with E-state index in [4.69, 9.17) is 10.8 Å². The van der Waals surface area contributed by atoms with Gasteiger partial charge in [0, 0.05) is 31.1 Å². The molecule has 2 atom stereocenters. The number of benzene rings is 1. The number of rotatable bonds is 7. The van der Waals surface area contributed by atoms with E-state index >= 15 is 0 Å². The standard InChI is InChI=1S/C24H23F2N5S4/c1-13-4-8-20(32-13)19(27)10-11-24(21-9-5-14(2)33-21)31(23-29-28-15(3)34-23)30-22(35-24)17-12-16(25)6-7-18(17)26/h4-9,12,19H,10-11,27H2,1-3H3. The van der Waals surface area contributed by atoms with Crippen LogP contribution in [0.25, 0.3) is 0 Å². The second-order valence-corrected chi connectivity index (χ2v) is 13.4. The Kier molecular flexibility index (Phi) is 6.79. The first-order valence-corrected chi connectivity index (χ1v) is 14.2. The number of anilines is 1. The lowest BCUT2D eigenvalue weighted by Gasteiger charge is -2.35. The van der Waals surface area contributed by atoms with Crippen molar-refractivity contribution in [1.29, 1.82) is 0 Å². The Morgan fingerprint density at radius 3 is 2.40 bits per heavy atom. The maximum Gasteiger partial charge on any atom is 0.230 e. The van der Waals surface area contributed by atoms with Gasteiger partial charge in [0.25, 0.3) is 0 Å². The van der Waals surface area contributed by atoms with Crippen LogP contribution in [-0.4, -0.2) is 15.2 Å². The van der Waals surface area contributed by atoms with Crippen LogP contribution in [0.4, 0.5) is 13.9 Å². The van der Waals surface area contributed by atoms with Gasteiger partial charge in [0.1, 0.15) is 21.7 Å². The third-order valence-corrected chi connectivity index (χ3v) is 10.4. The topological polar surface area (TPSA) is 67.4 Å². The first kappa shape index (κ1) is 24.5. The van der Waals surface area contributed by atoms with Crippen LogP contribution in [0.15, 0.2) is 47.6 Å². The summed E-state index contributed by atoms with van der Waals surface area (Å²) in [5.74, 6) is -1.03. The molecule has 1 aliphatic rings. The Bertz CT molecular complexity index is 1390. The minimum absolute atomic E-state index is 0.134. The average molecular weight is 548 g/mol. The molecule has 0 fully saturated rings. The molecule has 2 unspecified atom stereocenters. The van der Waals surface area contributed by atoms with Gasteiger partial charge >= 0.3 is 0 Å². The largest absolute Gasteiger partial charge is 0.323 e. The van der Waals surface area contributed by atoms with Crippen molar-refractivity contribution in [2.24, 2.45) is 10.8 Å². The fourth-order valence-electron chi connectivity index (χ4n) is 3.96. The summed E-state index contributed by atoms with van der Waals surface area (Å²) in [5.41, 5.74) is 6.75. The van der Waals surface area contributed by atoms with E-state index in [0.29, 0.717) is 23.0 Å². The highest BCUT2D eigenvalue weighted by molar-refractivity contribution is 8.15. The smallest absolute Gasteiger partial charge is 0.230 e. The Hall–Kier alpha value is -2.18. The lowest BCUT2D eigenvalue weighted by Crippen LogP contribution is -2.37. The highest BCUT2D eigenvalue weighted by Crippen LogP contribution is 2.55. The quantitative estimate of drug-likeness (QED) is 0.267. The Labute approximate surface area is 218 Å². The molecule has 0 spiro atoms. The van der Waals surface area contributed by atoms with Gasteiger partial charge in [-0.2, -0.15) is 5.10 Å². The molecule has 0 amide bonds. The monoisotopic (exact) mass is 547 g/mol. The van der Waals surface area contributed by atoms with Crippen molar-refractivity contribution in [3.63, 3.8) is 0 Å². The number of aryl methyl sites for hydroxylation is 3. The lowest BCUT2D eigenvalue weighted by atomic mass is 10.0. The predicted octanol–water partition coefficient (Wildman–Crippen LogP) is 7.11. The van der Waals surface area contributed by atoms with Crippen molar-refractivity contribution in [3.05, 3.63) is 84.2 Å². The molecule has 1 aromatic carbocycles. The molecule has 35 heavy (non-hydrogen) atoms. The van der Waals surface area contributed by atoms with Crippen LogP contribution >= 0.6 is 45.8 Å². The van der Waals surface area contributed by atoms with Gasteiger partial charge in [-0.15, -0.1) is 32.9 Å². The number of thioether (sulfide) groups is 1. The summed E-state index contributed by atoms with van der Waals surface area (Å²) in [7, 11) is 0. The Morgan fingerprint density at radius 1 is 0.971 bits per heavy atom. The molecule has 3 aromatic heterocycles. The van der Waals surface area contributed by atoms with Crippen LogP contribution in [0.3, 0.4) is 0 Å². The third kappa shape index (κ3) is 4.79. The summed E-state index contributed by atoms with van der Waals surface area (Å²) in [5, 5.41) is 17.0. The van der Waals surface area contributed by atoms with Crippen LogP contribution in [0.5, 0.6) is 0 Å². The normalized spacial score (nSPS) is 18.8. The molecule has 0 aliphatic carbocycles. The van der Waals surface area contributed by atoms with Gasteiger partial charge in [-0.05, 0) is 76.1 Å². The van der Waals surface area contributed by atoms with Gasteiger partial charge in [0.15, 0.2) is 4.87 Å². The van der Waals surface area contributed by atoms with E-state index in [1.807, 2.05) is 11.9 Å². The highest BCUT2D eigenvalue weighted by atomic mass is 32.2. The zero-order valence-electron chi connectivity index (χ0n) is 19.3. The maximum atomic E-state index is 14.8. The number of aromatic nitrogens is 2. The van der Waals surface area contributed by atoms with E-state index in [1.165, 1.54) is 34.0 Å². The van der Waals surface area contributed by atoms with Gasteiger partial charge < -0.3 is 5.73 Å². The molecular weight excluding hydrogens is 525 g/mol. The molecule has 4 aromatic rings. The first-order chi connectivity index (χ1) is 16.7. The van der Waals surface area contributed by atoms with Gasteiger partial charge in [-0.3, -0.25) is 0 Å². The van der Waals surface area contributed by atoms with E-state index in [9.17, 15) is 8.78 Å². The fraction of sp³-hybridized carbons (Fsp3) is 0.292. The van der Waals surface area contributed by atoms with Gasteiger partial charge in [-0.1, -0.05) is 23.1 Å². The number of halogens is 2. The van der Waals surface area contributed by atoms with Gasteiger partial charge in [0.05, 0.1) is 0 Å². The van der Waals surface area contributed by atoms with Crippen LogP contribution in [0, 0.1) is 32.4 Å². The number of nitrogens with zero attached hydrogens (tertiary/aromatic N) is 4. The number of hydrazone groups is 1. The Balaban J connectivity index is 1.59. The van der Waals surface area contributed by atoms with Crippen molar-refractivity contribution in [3.8, 4) is 0 Å². The SMILES string of the molecule is Cc1ccc(C(N)CCC2(c3ccc(C)s3)SC(c3cc(F)ccc3F)=NN2c2nnc(C)s2)s1. The van der Waals surface area contributed by atoms with Crippen molar-refractivity contribution < 1.29 is 8.78 Å². The van der Waals surface area contributed by atoms with Crippen LogP contribution in [0.1, 0.15) is 49.0 Å². The molecule has 5 nitrogen and oxygen atoms in total. The lowest BCUT2D eigenvalue weighted by molar-refractivity contribution is 0.494. The summed E-state index contributed by atoms with van der Waals surface area (Å²) < 4.78 is 28.9. The molecule has 2 N–H and O–H groups in total. The van der Waals surface area contributed by atoms with E-state index < -0.39 is 16.5 Å². The minimum atomic E-state index is -0.719. The number of hydrogen-bond acceptors (Lipinski definition) is 9.